The number of Topliss-reactive ketones (excluding diaryl/α,β-unsaturated/α-hetero) is 1. The van der Waals surface area contributed by atoms with Crippen molar-refractivity contribution in [3.8, 4) is 5.75 Å². The van der Waals surface area contributed by atoms with E-state index in [2.05, 4.69) is 21.2 Å². The Kier molecular flexibility index (Phi) is 6.63. The van der Waals surface area contributed by atoms with E-state index in [1.165, 1.54) is 6.42 Å². The van der Waals surface area contributed by atoms with Gasteiger partial charge in [-0.25, -0.2) is 0 Å². The Morgan fingerprint density at radius 1 is 1.30 bits per heavy atom. The van der Waals surface area contributed by atoms with Gasteiger partial charge < -0.3 is 10.1 Å². The van der Waals surface area contributed by atoms with Crippen molar-refractivity contribution in [2.45, 2.75) is 50.8 Å². The second-order valence-corrected chi connectivity index (χ2v) is 7.32. The molecule has 1 aromatic carbocycles. The van der Waals surface area contributed by atoms with Gasteiger partial charge in [-0.2, -0.15) is 0 Å². The highest BCUT2D eigenvalue weighted by Gasteiger charge is 2.22. The van der Waals surface area contributed by atoms with Crippen LogP contribution in [0.1, 0.15) is 56.3 Å². The Labute approximate surface area is 146 Å². The molecule has 0 aromatic heterocycles. The van der Waals surface area contributed by atoms with E-state index in [4.69, 9.17) is 4.74 Å². The summed E-state index contributed by atoms with van der Waals surface area (Å²) >= 11 is 3.29. The molecule has 23 heavy (non-hydrogen) atoms. The van der Waals surface area contributed by atoms with E-state index in [1.54, 1.807) is 25.1 Å². The normalized spacial score (nSPS) is 16.7. The summed E-state index contributed by atoms with van der Waals surface area (Å²) in [4.78, 5) is 24.3. The van der Waals surface area contributed by atoms with Crippen LogP contribution < -0.4 is 10.1 Å². The second kappa shape index (κ2) is 8.48. The molecule has 126 valence electrons. The van der Waals surface area contributed by atoms with Gasteiger partial charge in [0.15, 0.2) is 5.78 Å². The van der Waals surface area contributed by atoms with Gasteiger partial charge >= 0.3 is 0 Å². The second-order valence-electron chi connectivity index (χ2n) is 5.95. The molecule has 0 aliphatic heterocycles. The lowest BCUT2D eigenvalue weighted by molar-refractivity contribution is -0.120. The first-order valence-electron chi connectivity index (χ1n) is 8.29. The SMILES string of the molecule is CCOc1cc(C(=O)C(C)Br)ccc1NC(=O)C1CCCCC1. The molecule has 0 radical (unpaired) electrons. The lowest BCUT2D eigenvalue weighted by Crippen LogP contribution is -2.25. The van der Waals surface area contributed by atoms with Crippen LogP contribution in [0.15, 0.2) is 18.2 Å². The first-order chi connectivity index (χ1) is 11.0. The maximum Gasteiger partial charge on any atom is 0.227 e. The molecule has 1 aliphatic rings. The van der Waals surface area contributed by atoms with E-state index in [9.17, 15) is 9.59 Å². The zero-order valence-corrected chi connectivity index (χ0v) is 15.3. The van der Waals surface area contributed by atoms with Crippen LogP contribution in [0.3, 0.4) is 0 Å². The molecule has 0 heterocycles. The number of halogens is 1. The number of alkyl halides is 1. The van der Waals surface area contributed by atoms with E-state index in [-0.39, 0.29) is 22.4 Å². The molecule has 0 bridgehead atoms. The minimum atomic E-state index is -0.250. The number of ether oxygens (including phenoxy) is 1. The van der Waals surface area contributed by atoms with Gasteiger partial charge in [0.25, 0.3) is 0 Å². The summed E-state index contributed by atoms with van der Waals surface area (Å²) in [6, 6.07) is 5.20. The van der Waals surface area contributed by atoms with Crippen LogP contribution in [0.4, 0.5) is 5.69 Å². The highest BCUT2D eigenvalue weighted by atomic mass is 79.9. The first kappa shape index (κ1) is 18.0. The maximum atomic E-state index is 12.4. The van der Waals surface area contributed by atoms with Crippen molar-refractivity contribution in [3.63, 3.8) is 0 Å². The largest absolute Gasteiger partial charge is 0.492 e. The van der Waals surface area contributed by atoms with Crippen LogP contribution in [-0.4, -0.2) is 23.1 Å². The number of carbonyl (C=O) groups excluding carboxylic acids is 2. The van der Waals surface area contributed by atoms with Crippen LogP contribution in [0.2, 0.25) is 0 Å². The molecule has 1 unspecified atom stereocenters. The third-order valence-electron chi connectivity index (χ3n) is 4.16. The Bertz CT molecular complexity index is 565. The fourth-order valence-electron chi connectivity index (χ4n) is 2.88. The fourth-order valence-corrected chi connectivity index (χ4v) is 3.15. The number of anilines is 1. The molecule has 1 saturated carbocycles. The molecular formula is C18H24BrNO3. The average Bonchev–Trinajstić information content (AvgIpc) is 2.56. The third-order valence-corrected chi connectivity index (χ3v) is 4.58. The minimum Gasteiger partial charge on any atom is -0.492 e. The predicted octanol–water partition coefficient (Wildman–Crippen LogP) is 4.57. The number of amides is 1. The molecule has 5 heteroatoms. The standard InChI is InChI=1S/C18H24BrNO3/c1-3-23-16-11-14(17(21)12(2)19)9-10-15(16)20-18(22)13-7-5-4-6-8-13/h9-13H,3-8H2,1-2H3,(H,20,22). The number of rotatable bonds is 6. The summed E-state index contributed by atoms with van der Waals surface area (Å²) < 4.78 is 5.61. The van der Waals surface area contributed by atoms with Gasteiger partial charge in [0.1, 0.15) is 5.75 Å². The lowest BCUT2D eigenvalue weighted by Gasteiger charge is -2.21. The van der Waals surface area contributed by atoms with E-state index in [0.717, 1.165) is 25.7 Å². The Morgan fingerprint density at radius 2 is 2.00 bits per heavy atom. The van der Waals surface area contributed by atoms with Gasteiger partial charge in [-0.15, -0.1) is 0 Å². The number of hydrogen-bond donors (Lipinski definition) is 1. The molecule has 1 fully saturated rings. The zero-order chi connectivity index (χ0) is 16.8. The summed E-state index contributed by atoms with van der Waals surface area (Å²) in [7, 11) is 0. The van der Waals surface area contributed by atoms with Gasteiger partial charge in [-0.05, 0) is 44.9 Å². The summed E-state index contributed by atoms with van der Waals surface area (Å²) in [5.74, 6) is 0.687. The van der Waals surface area contributed by atoms with E-state index >= 15 is 0 Å². The van der Waals surface area contributed by atoms with Crippen molar-refractivity contribution in [2.75, 3.05) is 11.9 Å². The summed E-state index contributed by atoms with van der Waals surface area (Å²) in [6.45, 7) is 4.16. The van der Waals surface area contributed by atoms with Crippen molar-refractivity contribution >= 4 is 33.3 Å². The number of nitrogens with one attached hydrogen (secondary N) is 1. The highest BCUT2D eigenvalue weighted by Crippen LogP contribution is 2.30. The lowest BCUT2D eigenvalue weighted by atomic mass is 9.88. The van der Waals surface area contributed by atoms with E-state index in [0.29, 0.717) is 23.6 Å². The molecular weight excluding hydrogens is 358 g/mol. The quantitative estimate of drug-likeness (QED) is 0.579. The number of carbonyl (C=O) groups is 2. The predicted molar refractivity (Wildman–Crippen MR) is 95.5 cm³/mol. The van der Waals surface area contributed by atoms with Gasteiger partial charge in [0, 0.05) is 11.5 Å². The van der Waals surface area contributed by atoms with Crippen molar-refractivity contribution in [3.05, 3.63) is 23.8 Å². The molecule has 1 aliphatic carbocycles. The number of ketones is 1. The molecule has 1 N–H and O–H groups in total. The Morgan fingerprint density at radius 3 is 2.61 bits per heavy atom. The average molecular weight is 382 g/mol. The minimum absolute atomic E-state index is 0.00360. The van der Waals surface area contributed by atoms with Crippen LogP contribution >= 0.6 is 15.9 Å². The third kappa shape index (κ3) is 4.80. The monoisotopic (exact) mass is 381 g/mol. The van der Waals surface area contributed by atoms with Crippen LogP contribution in [0.5, 0.6) is 5.75 Å². The summed E-state index contributed by atoms with van der Waals surface area (Å²) in [5.41, 5.74) is 1.22. The van der Waals surface area contributed by atoms with Gasteiger partial charge in [-0.1, -0.05) is 35.2 Å². The number of hydrogen-bond acceptors (Lipinski definition) is 3. The van der Waals surface area contributed by atoms with Gasteiger partial charge in [0.2, 0.25) is 5.91 Å². The van der Waals surface area contributed by atoms with Crippen molar-refractivity contribution in [1.29, 1.82) is 0 Å². The molecule has 1 aromatic rings. The maximum absolute atomic E-state index is 12.4. The molecule has 2 rings (SSSR count). The van der Waals surface area contributed by atoms with Crippen molar-refractivity contribution < 1.29 is 14.3 Å². The Hall–Kier alpha value is -1.36. The van der Waals surface area contributed by atoms with Crippen LogP contribution in [-0.2, 0) is 4.79 Å². The topological polar surface area (TPSA) is 55.4 Å². The van der Waals surface area contributed by atoms with E-state index in [1.807, 2.05) is 6.92 Å². The molecule has 1 atom stereocenters. The molecule has 1 amide bonds. The van der Waals surface area contributed by atoms with Crippen molar-refractivity contribution in [1.82, 2.24) is 0 Å². The van der Waals surface area contributed by atoms with Gasteiger partial charge in [-0.3, -0.25) is 9.59 Å². The highest BCUT2D eigenvalue weighted by molar-refractivity contribution is 9.10. The van der Waals surface area contributed by atoms with Crippen LogP contribution in [0.25, 0.3) is 0 Å². The van der Waals surface area contributed by atoms with Crippen LogP contribution in [0, 0.1) is 5.92 Å². The molecule has 0 spiro atoms. The molecule has 4 nitrogen and oxygen atoms in total. The number of benzene rings is 1. The van der Waals surface area contributed by atoms with E-state index < -0.39 is 0 Å². The zero-order valence-electron chi connectivity index (χ0n) is 13.7. The first-order valence-corrected chi connectivity index (χ1v) is 9.20. The Balaban J connectivity index is 2.16. The summed E-state index contributed by atoms with van der Waals surface area (Å²) in [5, 5.41) is 2.97. The van der Waals surface area contributed by atoms with Gasteiger partial charge in [0.05, 0.1) is 17.1 Å². The summed E-state index contributed by atoms with van der Waals surface area (Å²) in [6.07, 6.45) is 5.36. The van der Waals surface area contributed by atoms with Crippen molar-refractivity contribution in [2.24, 2.45) is 5.92 Å². The fraction of sp³-hybridized carbons (Fsp3) is 0.556. The smallest absolute Gasteiger partial charge is 0.227 e. The molecule has 0 saturated heterocycles.